The van der Waals surface area contributed by atoms with Crippen molar-refractivity contribution in [2.45, 2.75) is 32.9 Å². The second-order valence-corrected chi connectivity index (χ2v) is 4.43. The summed E-state index contributed by atoms with van der Waals surface area (Å²) in [6.07, 6.45) is 3.19. The van der Waals surface area contributed by atoms with E-state index in [0.717, 1.165) is 18.8 Å². The Hall–Kier alpha value is -1.69. The number of nitrogens with zero attached hydrogens (tertiary/aromatic N) is 5. The lowest BCUT2D eigenvalue weighted by Crippen LogP contribution is -2.22. The molecule has 0 spiro atoms. The van der Waals surface area contributed by atoms with Gasteiger partial charge >= 0.3 is 0 Å². The molecule has 2 heterocycles. The maximum absolute atomic E-state index is 4.20. The molecule has 6 nitrogen and oxygen atoms in total. The Bertz CT molecular complexity index is 486. The second kappa shape index (κ2) is 5.77. The molecular weight excluding hydrogens is 228 g/mol. The lowest BCUT2D eigenvalue weighted by molar-refractivity contribution is 0.531. The van der Waals surface area contributed by atoms with E-state index in [0.29, 0.717) is 12.6 Å². The highest BCUT2D eigenvalue weighted by Gasteiger charge is 2.11. The molecule has 6 heteroatoms. The molecule has 0 aliphatic heterocycles. The first-order valence-corrected chi connectivity index (χ1v) is 6.32. The molecule has 18 heavy (non-hydrogen) atoms. The van der Waals surface area contributed by atoms with E-state index in [2.05, 4.69) is 57.5 Å². The van der Waals surface area contributed by atoms with Crippen molar-refractivity contribution in [1.82, 2.24) is 30.1 Å². The zero-order valence-corrected chi connectivity index (χ0v) is 11.2. The average molecular weight is 248 g/mol. The molecule has 0 aliphatic rings. The molecule has 1 unspecified atom stereocenters. The van der Waals surface area contributed by atoms with E-state index < -0.39 is 0 Å². The van der Waals surface area contributed by atoms with Crippen LogP contribution < -0.4 is 5.32 Å². The highest BCUT2D eigenvalue weighted by Crippen LogP contribution is 2.14. The number of rotatable bonds is 6. The maximum Gasteiger partial charge on any atom is 0.194 e. The molecule has 0 fully saturated rings. The summed E-state index contributed by atoms with van der Waals surface area (Å²) in [5.74, 6) is 0.734. The van der Waals surface area contributed by atoms with E-state index in [9.17, 15) is 0 Å². The number of aromatic nitrogens is 5. The highest BCUT2D eigenvalue weighted by atomic mass is 15.6. The summed E-state index contributed by atoms with van der Waals surface area (Å²) in [5.41, 5.74) is 1.25. The third-order valence-electron chi connectivity index (χ3n) is 2.87. The fourth-order valence-corrected chi connectivity index (χ4v) is 1.97. The quantitative estimate of drug-likeness (QED) is 0.832. The van der Waals surface area contributed by atoms with Crippen molar-refractivity contribution in [2.24, 2.45) is 7.05 Å². The smallest absolute Gasteiger partial charge is 0.194 e. The van der Waals surface area contributed by atoms with Crippen LogP contribution in [-0.4, -0.2) is 31.3 Å². The van der Waals surface area contributed by atoms with Gasteiger partial charge in [-0.3, -0.25) is 0 Å². The van der Waals surface area contributed by atoms with Crippen LogP contribution in [0.2, 0.25) is 0 Å². The van der Waals surface area contributed by atoms with Gasteiger partial charge in [-0.05, 0) is 37.2 Å². The van der Waals surface area contributed by atoms with Gasteiger partial charge in [-0.1, -0.05) is 6.92 Å². The Morgan fingerprint density at radius 2 is 2.28 bits per heavy atom. The van der Waals surface area contributed by atoms with Gasteiger partial charge < -0.3 is 9.88 Å². The summed E-state index contributed by atoms with van der Waals surface area (Å²) < 4.78 is 2.16. The van der Waals surface area contributed by atoms with Crippen molar-refractivity contribution in [3.05, 3.63) is 29.8 Å². The molecule has 0 amide bonds. The van der Waals surface area contributed by atoms with E-state index in [1.165, 1.54) is 10.5 Å². The topological polar surface area (TPSA) is 60.6 Å². The molecule has 0 aromatic carbocycles. The molecule has 1 N–H and O–H groups in total. The molecular formula is C12H20N6. The minimum atomic E-state index is 0.330. The average Bonchev–Trinajstić information content (AvgIpc) is 2.96. The predicted molar refractivity (Wildman–Crippen MR) is 69.0 cm³/mol. The Balaban J connectivity index is 2.07. The van der Waals surface area contributed by atoms with E-state index in [-0.39, 0.29) is 0 Å². The van der Waals surface area contributed by atoms with Gasteiger partial charge in [-0.2, -0.15) is 4.80 Å². The van der Waals surface area contributed by atoms with Crippen molar-refractivity contribution in [3.63, 3.8) is 0 Å². The summed E-state index contributed by atoms with van der Waals surface area (Å²) >= 11 is 0. The van der Waals surface area contributed by atoms with Crippen molar-refractivity contribution >= 4 is 0 Å². The van der Waals surface area contributed by atoms with Gasteiger partial charge in [0.25, 0.3) is 0 Å². The van der Waals surface area contributed by atoms with Gasteiger partial charge in [-0.15, -0.1) is 10.2 Å². The van der Waals surface area contributed by atoms with Crippen LogP contribution >= 0.6 is 0 Å². The lowest BCUT2D eigenvalue weighted by atomic mass is 10.2. The Kier molecular flexibility index (Phi) is 4.09. The number of aryl methyl sites for hydroxylation is 1. The summed E-state index contributed by atoms with van der Waals surface area (Å²) in [5, 5.41) is 15.5. The molecule has 0 aliphatic carbocycles. The minimum Gasteiger partial charge on any atom is -0.342 e. The Morgan fingerprint density at radius 3 is 2.94 bits per heavy atom. The third-order valence-corrected chi connectivity index (χ3v) is 2.87. The number of hydrogen-bond donors (Lipinski definition) is 1. The number of nitrogens with one attached hydrogen (secondary N) is 1. The van der Waals surface area contributed by atoms with E-state index >= 15 is 0 Å². The zero-order chi connectivity index (χ0) is 13.0. The van der Waals surface area contributed by atoms with Crippen LogP contribution in [0, 0.1) is 0 Å². The van der Waals surface area contributed by atoms with Gasteiger partial charge in [0, 0.05) is 17.9 Å². The molecule has 2 aromatic rings. The van der Waals surface area contributed by atoms with Gasteiger partial charge in [0.05, 0.1) is 13.6 Å². The molecule has 0 saturated carbocycles. The van der Waals surface area contributed by atoms with Crippen LogP contribution in [0.5, 0.6) is 0 Å². The molecule has 2 aromatic heterocycles. The van der Waals surface area contributed by atoms with Crippen LogP contribution in [0.1, 0.15) is 37.8 Å². The minimum absolute atomic E-state index is 0.330. The summed E-state index contributed by atoms with van der Waals surface area (Å²) in [4.78, 5) is 1.48. The fourth-order valence-electron chi connectivity index (χ4n) is 1.97. The van der Waals surface area contributed by atoms with Gasteiger partial charge in [0.15, 0.2) is 5.82 Å². The zero-order valence-electron chi connectivity index (χ0n) is 11.2. The first kappa shape index (κ1) is 12.8. The lowest BCUT2D eigenvalue weighted by Gasteiger charge is -2.15. The predicted octanol–water partition coefficient (Wildman–Crippen LogP) is 1.12. The van der Waals surface area contributed by atoms with Gasteiger partial charge in [0.1, 0.15) is 0 Å². The standard InChI is InChI=1S/C12H20N6/c1-4-7-13-10(2)11-6-5-8-18(11)9-12-14-16-17(3)15-12/h5-6,8,10,13H,4,7,9H2,1-3H3. The Labute approximate surface area is 107 Å². The van der Waals surface area contributed by atoms with Crippen LogP contribution in [-0.2, 0) is 13.6 Å². The highest BCUT2D eigenvalue weighted by molar-refractivity contribution is 5.12. The van der Waals surface area contributed by atoms with E-state index in [4.69, 9.17) is 0 Å². The van der Waals surface area contributed by atoms with Gasteiger partial charge in [0.2, 0.25) is 0 Å². The number of tetrazole rings is 1. The molecule has 2 rings (SSSR count). The largest absolute Gasteiger partial charge is 0.342 e. The first-order valence-electron chi connectivity index (χ1n) is 6.32. The van der Waals surface area contributed by atoms with Crippen LogP contribution in [0.25, 0.3) is 0 Å². The van der Waals surface area contributed by atoms with Crippen molar-refractivity contribution in [1.29, 1.82) is 0 Å². The Morgan fingerprint density at radius 1 is 1.44 bits per heavy atom. The summed E-state index contributed by atoms with van der Waals surface area (Å²) in [6, 6.07) is 4.51. The monoisotopic (exact) mass is 248 g/mol. The molecule has 0 bridgehead atoms. The summed E-state index contributed by atoms with van der Waals surface area (Å²) in [7, 11) is 1.78. The normalized spacial score (nSPS) is 12.8. The number of hydrogen-bond acceptors (Lipinski definition) is 4. The van der Waals surface area contributed by atoms with Crippen molar-refractivity contribution in [2.75, 3.05) is 6.54 Å². The molecule has 1 atom stereocenters. The van der Waals surface area contributed by atoms with Gasteiger partial charge in [-0.25, -0.2) is 0 Å². The van der Waals surface area contributed by atoms with Crippen molar-refractivity contribution in [3.8, 4) is 0 Å². The second-order valence-electron chi connectivity index (χ2n) is 4.43. The van der Waals surface area contributed by atoms with Crippen LogP contribution in [0.3, 0.4) is 0 Å². The fraction of sp³-hybridized carbons (Fsp3) is 0.583. The third kappa shape index (κ3) is 2.95. The first-order chi connectivity index (χ1) is 8.70. The van der Waals surface area contributed by atoms with Crippen LogP contribution in [0.4, 0.5) is 0 Å². The van der Waals surface area contributed by atoms with E-state index in [1.54, 1.807) is 7.05 Å². The SMILES string of the molecule is CCCNC(C)c1cccn1Cc1nnn(C)n1. The molecule has 98 valence electrons. The maximum atomic E-state index is 4.20. The summed E-state index contributed by atoms with van der Waals surface area (Å²) in [6.45, 7) is 6.03. The molecule has 0 saturated heterocycles. The van der Waals surface area contributed by atoms with Crippen molar-refractivity contribution < 1.29 is 0 Å². The van der Waals surface area contributed by atoms with Crippen LogP contribution in [0.15, 0.2) is 18.3 Å². The van der Waals surface area contributed by atoms with E-state index in [1.807, 2.05) is 0 Å². The molecule has 0 radical (unpaired) electrons.